The van der Waals surface area contributed by atoms with Crippen LogP contribution in [-0.2, 0) is 4.79 Å². The van der Waals surface area contributed by atoms with Crippen molar-refractivity contribution in [2.75, 3.05) is 23.8 Å². The Labute approximate surface area is 122 Å². The van der Waals surface area contributed by atoms with Crippen molar-refractivity contribution in [1.29, 1.82) is 0 Å². The summed E-state index contributed by atoms with van der Waals surface area (Å²) in [6, 6.07) is 3.38. The fourth-order valence-corrected chi connectivity index (χ4v) is 2.82. The molecule has 0 fully saturated rings. The Bertz CT molecular complexity index is 502. The minimum absolute atomic E-state index is 0.135. The zero-order valence-corrected chi connectivity index (χ0v) is 13.1. The smallest absolute Gasteiger partial charge is 0.245 e. The van der Waals surface area contributed by atoms with Crippen LogP contribution in [-0.4, -0.2) is 19.5 Å². The Balaban J connectivity index is 2.24. The molecule has 0 spiro atoms. The number of nitrogens with one attached hydrogen (secondary N) is 1. The predicted molar refractivity (Wildman–Crippen MR) is 82.4 cm³/mol. The van der Waals surface area contributed by atoms with Crippen LogP contribution in [0.3, 0.4) is 0 Å². The molecule has 4 nitrogen and oxygen atoms in total. The maximum atomic E-state index is 11.6. The van der Waals surface area contributed by atoms with Gasteiger partial charge in [0, 0.05) is 29.3 Å². The highest BCUT2D eigenvalue weighted by molar-refractivity contribution is 9.10. The standard InChI is InChI=1S/C14H20BrN3O/c1-8(2)4-5-18(3)12-7-11-9(6-10(12)15)13(16)14(19)17-11/h6-8,13H,4-5,16H2,1-3H3,(H,17,19). The Morgan fingerprint density at radius 2 is 2.16 bits per heavy atom. The fraction of sp³-hybridized carbons (Fsp3) is 0.500. The van der Waals surface area contributed by atoms with Crippen molar-refractivity contribution in [2.45, 2.75) is 26.3 Å². The molecule has 1 aliphatic rings. The van der Waals surface area contributed by atoms with Gasteiger partial charge in [-0.15, -0.1) is 0 Å². The first kappa shape index (κ1) is 14.3. The number of amides is 1. The molecule has 2 rings (SSSR count). The van der Waals surface area contributed by atoms with E-state index in [9.17, 15) is 4.79 Å². The van der Waals surface area contributed by atoms with Crippen LogP contribution < -0.4 is 16.0 Å². The summed E-state index contributed by atoms with van der Waals surface area (Å²) in [5, 5.41) is 2.82. The summed E-state index contributed by atoms with van der Waals surface area (Å²) in [4.78, 5) is 13.8. The molecule has 1 amide bonds. The van der Waals surface area contributed by atoms with Crippen molar-refractivity contribution in [3.8, 4) is 0 Å². The first-order valence-corrected chi connectivity index (χ1v) is 7.30. The number of hydrogen-bond acceptors (Lipinski definition) is 3. The van der Waals surface area contributed by atoms with E-state index in [1.54, 1.807) is 0 Å². The number of benzene rings is 1. The minimum atomic E-state index is -0.554. The molecule has 0 saturated carbocycles. The van der Waals surface area contributed by atoms with E-state index >= 15 is 0 Å². The molecular formula is C14H20BrN3O. The summed E-state index contributed by atoms with van der Waals surface area (Å²) in [6.45, 7) is 5.41. The Kier molecular flexibility index (Phi) is 4.16. The molecule has 0 saturated heterocycles. The second kappa shape index (κ2) is 5.51. The number of fused-ring (bicyclic) bond motifs is 1. The Morgan fingerprint density at radius 3 is 2.79 bits per heavy atom. The number of carbonyl (C=O) groups excluding carboxylic acids is 1. The number of nitrogens with zero attached hydrogens (tertiary/aromatic N) is 1. The number of carbonyl (C=O) groups is 1. The quantitative estimate of drug-likeness (QED) is 0.894. The van der Waals surface area contributed by atoms with Crippen LogP contribution in [0, 0.1) is 5.92 Å². The lowest BCUT2D eigenvalue weighted by Crippen LogP contribution is -2.20. The largest absolute Gasteiger partial charge is 0.374 e. The summed E-state index contributed by atoms with van der Waals surface area (Å²) < 4.78 is 0.976. The molecule has 0 aliphatic carbocycles. The Morgan fingerprint density at radius 1 is 1.47 bits per heavy atom. The number of hydrogen-bond donors (Lipinski definition) is 2. The molecule has 19 heavy (non-hydrogen) atoms. The lowest BCUT2D eigenvalue weighted by Gasteiger charge is -2.22. The van der Waals surface area contributed by atoms with Crippen LogP contribution >= 0.6 is 15.9 Å². The predicted octanol–water partition coefficient (Wildman–Crippen LogP) is 2.88. The van der Waals surface area contributed by atoms with E-state index in [1.165, 1.54) is 0 Å². The monoisotopic (exact) mass is 325 g/mol. The van der Waals surface area contributed by atoms with Gasteiger partial charge >= 0.3 is 0 Å². The van der Waals surface area contributed by atoms with Gasteiger partial charge in [0.2, 0.25) is 5.91 Å². The lowest BCUT2D eigenvalue weighted by molar-refractivity contribution is -0.116. The zero-order chi connectivity index (χ0) is 14.2. The summed E-state index contributed by atoms with van der Waals surface area (Å²) >= 11 is 3.57. The topological polar surface area (TPSA) is 58.4 Å². The minimum Gasteiger partial charge on any atom is -0.374 e. The molecule has 1 unspecified atom stereocenters. The molecule has 1 aliphatic heterocycles. The van der Waals surface area contributed by atoms with Gasteiger partial charge in [0.25, 0.3) is 0 Å². The lowest BCUT2D eigenvalue weighted by atomic mass is 10.1. The molecule has 0 bridgehead atoms. The molecule has 1 heterocycles. The van der Waals surface area contributed by atoms with Gasteiger partial charge in [0.1, 0.15) is 6.04 Å². The SMILES string of the molecule is CC(C)CCN(C)c1cc2c(cc1Br)C(N)C(=O)N2. The first-order valence-electron chi connectivity index (χ1n) is 6.51. The highest BCUT2D eigenvalue weighted by Gasteiger charge is 2.28. The third kappa shape index (κ3) is 2.92. The normalized spacial score (nSPS) is 17.6. The zero-order valence-electron chi connectivity index (χ0n) is 11.5. The van der Waals surface area contributed by atoms with Gasteiger partial charge in [0.15, 0.2) is 0 Å². The highest BCUT2D eigenvalue weighted by Crippen LogP contribution is 2.37. The maximum Gasteiger partial charge on any atom is 0.245 e. The average Bonchev–Trinajstić information content (AvgIpc) is 2.61. The van der Waals surface area contributed by atoms with Crippen LogP contribution in [0.5, 0.6) is 0 Å². The van der Waals surface area contributed by atoms with E-state index in [-0.39, 0.29) is 5.91 Å². The van der Waals surface area contributed by atoms with Gasteiger partial charge < -0.3 is 16.0 Å². The van der Waals surface area contributed by atoms with Gasteiger partial charge in [-0.2, -0.15) is 0 Å². The van der Waals surface area contributed by atoms with Crippen LogP contribution in [0.2, 0.25) is 0 Å². The maximum absolute atomic E-state index is 11.6. The second-order valence-corrected chi connectivity index (χ2v) is 6.32. The highest BCUT2D eigenvalue weighted by atomic mass is 79.9. The van der Waals surface area contributed by atoms with Crippen LogP contribution in [0.15, 0.2) is 16.6 Å². The summed E-state index contributed by atoms with van der Waals surface area (Å²) in [7, 11) is 2.06. The number of nitrogens with two attached hydrogens (primary N) is 1. The van der Waals surface area contributed by atoms with Crippen molar-refractivity contribution < 1.29 is 4.79 Å². The van der Waals surface area contributed by atoms with Crippen LogP contribution in [0.25, 0.3) is 0 Å². The molecule has 1 atom stereocenters. The first-order chi connectivity index (χ1) is 8.90. The van der Waals surface area contributed by atoms with Crippen molar-refractivity contribution in [1.82, 2.24) is 0 Å². The van der Waals surface area contributed by atoms with E-state index in [4.69, 9.17) is 5.73 Å². The van der Waals surface area contributed by atoms with E-state index in [1.807, 2.05) is 12.1 Å². The van der Waals surface area contributed by atoms with E-state index in [2.05, 4.69) is 47.0 Å². The van der Waals surface area contributed by atoms with Crippen molar-refractivity contribution in [2.24, 2.45) is 11.7 Å². The van der Waals surface area contributed by atoms with E-state index in [0.29, 0.717) is 5.92 Å². The van der Waals surface area contributed by atoms with Crippen molar-refractivity contribution in [3.05, 3.63) is 22.2 Å². The third-order valence-corrected chi connectivity index (χ3v) is 4.08. The van der Waals surface area contributed by atoms with Crippen molar-refractivity contribution in [3.63, 3.8) is 0 Å². The Hall–Kier alpha value is -1.07. The number of anilines is 2. The van der Waals surface area contributed by atoms with Gasteiger partial charge in [-0.05, 0) is 40.4 Å². The molecule has 0 aromatic heterocycles. The van der Waals surface area contributed by atoms with E-state index < -0.39 is 6.04 Å². The number of halogens is 1. The van der Waals surface area contributed by atoms with Gasteiger partial charge in [-0.1, -0.05) is 13.8 Å². The van der Waals surface area contributed by atoms with Gasteiger partial charge in [-0.3, -0.25) is 4.79 Å². The van der Waals surface area contributed by atoms with Crippen LogP contribution in [0.1, 0.15) is 31.9 Å². The second-order valence-electron chi connectivity index (χ2n) is 5.46. The molecule has 1 aromatic carbocycles. The third-order valence-electron chi connectivity index (χ3n) is 3.45. The van der Waals surface area contributed by atoms with Crippen molar-refractivity contribution >= 4 is 33.2 Å². The molecule has 5 heteroatoms. The molecule has 104 valence electrons. The molecule has 3 N–H and O–H groups in total. The number of rotatable bonds is 4. The summed E-state index contributed by atoms with van der Waals surface area (Å²) in [5.41, 5.74) is 8.60. The average molecular weight is 326 g/mol. The molecule has 1 aromatic rings. The van der Waals surface area contributed by atoms with Gasteiger partial charge in [0.05, 0.1) is 5.69 Å². The molecular weight excluding hydrogens is 306 g/mol. The summed E-state index contributed by atoms with van der Waals surface area (Å²) in [6.07, 6.45) is 1.13. The van der Waals surface area contributed by atoms with E-state index in [0.717, 1.165) is 34.4 Å². The molecule has 0 radical (unpaired) electrons. The fourth-order valence-electron chi connectivity index (χ4n) is 2.16. The summed E-state index contributed by atoms with van der Waals surface area (Å²) in [5.74, 6) is 0.535. The van der Waals surface area contributed by atoms with Gasteiger partial charge in [-0.25, -0.2) is 0 Å². The van der Waals surface area contributed by atoms with Crippen LogP contribution in [0.4, 0.5) is 11.4 Å².